The molecule has 1 fully saturated rings. The molecule has 0 radical (unpaired) electrons. The van der Waals surface area contributed by atoms with Crippen LogP contribution in [0.4, 0.5) is 21.5 Å². The molecule has 1 aliphatic carbocycles. The molecule has 0 spiro atoms. The Morgan fingerprint density at radius 3 is 2.52 bits per heavy atom. The van der Waals surface area contributed by atoms with Crippen LogP contribution in [0.1, 0.15) is 31.6 Å². The van der Waals surface area contributed by atoms with E-state index in [-0.39, 0.29) is 30.4 Å². The molecule has 5 aromatic rings. The van der Waals surface area contributed by atoms with Gasteiger partial charge in [0.25, 0.3) is 0 Å². The molecule has 46 heavy (non-hydrogen) atoms. The van der Waals surface area contributed by atoms with Crippen LogP contribution in [0.15, 0.2) is 79.4 Å². The van der Waals surface area contributed by atoms with Crippen molar-refractivity contribution in [1.82, 2.24) is 24.6 Å². The lowest BCUT2D eigenvalue weighted by Crippen LogP contribution is -2.53. The molecule has 0 bridgehead atoms. The number of amides is 2. The van der Waals surface area contributed by atoms with Gasteiger partial charge >= 0.3 is 0 Å². The number of halogens is 2. The summed E-state index contributed by atoms with van der Waals surface area (Å²) in [6, 6.07) is 16.5. The van der Waals surface area contributed by atoms with Crippen molar-refractivity contribution in [2.45, 2.75) is 44.6 Å². The molecule has 0 aliphatic heterocycles. The van der Waals surface area contributed by atoms with Gasteiger partial charge in [-0.05, 0) is 50.1 Å². The Morgan fingerprint density at radius 2 is 1.80 bits per heavy atom. The molecule has 6 rings (SSSR count). The molecule has 2 amide bonds. The Bertz CT molecular complexity index is 1900. The van der Waals surface area contributed by atoms with E-state index in [1.165, 1.54) is 22.0 Å². The summed E-state index contributed by atoms with van der Waals surface area (Å²) in [7, 11) is 0. The average Bonchev–Trinajstić information content (AvgIpc) is 3.38. The number of anilines is 3. The fourth-order valence-corrected chi connectivity index (χ4v) is 5.79. The summed E-state index contributed by atoms with van der Waals surface area (Å²) in [5, 5.41) is 31.8. The van der Waals surface area contributed by atoms with Crippen molar-refractivity contribution in [2.24, 2.45) is 0 Å². The molecule has 236 valence electrons. The second kappa shape index (κ2) is 13.2. The predicted octanol–water partition coefficient (Wildman–Crippen LogP) is 5.07. The predicted molar refractivity (Wildman–Crippen MR) is 172 cm³/mol. The molecular weight excluding hydrogens is 613 g/mol. The highest BCUT2D eigenvalue weighted by molar-refractivity contribution is 6.33. The summed E-state index contributed by atoms with van der Waals surface area (Å²) >= 11 is 6.28. The minimum atomic E-state index is -0.922. The van der Waals surface area contributed by atoms with Gasteiger partial charge in [0.15, 0.2) is 5.82 Å². The van der Waals surface area contributed by atoms with Crippen LogP contribution in [0.5, 0.6) is 0 Å². The number of nitrogens with one attached hydrogen (secondary N) is 2. The Hall–Kier alpha value is -4.91. The van der Waals surface area contributed by atoms with Gasteiger partial charge in [0, 0.05) is 33.3 Å². The molecule has 1 atom stereocenters. The van der Waals surface area contributed by atoms with Crippen LogP contribution in [0.2, 0.25) is 5.02 Å². The van der Waals surface area contributed by atoms with Crippen molar-refractivity contribution in [3.63, 3.8) is 0 Å². The maximum absolute atomic E-state index is 15.5. The fourth-order valence-electron chi connectivity index (χ4n) is 5.56. The second-order valence-electron chi connectivity index (χ2n) is 11.2. The number of rotatable bonds is 10. The van der Waals surface area contributed by atoms with Gasteiger partial charge < -0.3 is 25.7 Å². The summed E-state index contributed by atoms with van der Waals surface area (Å²) in [5.74, 6) is -1.66. The Kier molecular flexibility index (Phi) is 8.93. The minimum absolute atomic E-state index is 0.0467. The smallest absolute Gasteiger partial charge is 0.245 e. The Labute approximate surface area is 268 Å². The van der Waals surface area contributed by atoms with Crippen molar-refractivity contribution < 1.29 is 24.2 Å². The highest BCUT2D eigenvalue weighted by Gasteiger charge is 2.36. The SMILES string of the molecule is CC(O)c1nn(CC(=O)N(CC(=O)Nc2cccc(-c3ccccc3Cl)c2F)[C@H]2C[C@H](O)C2)c2ccc(Nc3cncnc3)cc12. The number of benzene rings is 3. The van der Waals surface area contributed by atoms with E-state index in [2.05, 4.69) is 25.7 Å². The molecule has 11 nitrogen and oxygen atoms in total. The molecule has 0 saturated heterocycles. The van der Waals surface area contributed by atoms with Crippen molar-refractivity contribution in [3.05, 3.63) is 95.9 Å². The first-order chi connectivity index (χ1) is 22.2. The number of carbonyl (C=O) groups is 2. The van der Waals surface area contributed by atoms with Crippen LogP contribution in [-0.2, 0) is 16.1 Å². The third-order valence-electron chi connectivity index (χ3n) is 7.91. The van der Waals surface area contributed by atoms with E-state index < -0.39 is 29.8 Å². The number of nitrogens with zero attached hydrogens (tertiary/aromatic N) is 5. The zero-order chi connectivity index (χ0) is 32.4. The van der Waals surface area contributed by atoms with Crippen molar-refractivity contribution in [3.8, 4) is 11.1 Å². The molecular formula is C33H31ClFN7O4. The van der Waals surface area contributed by atoms with Gasteiger partial charge in [0.2, 0.25) is 11.8 Å². The van der Waals surface area contributed by atoms with Gasteiger partial charge in [-0.25, -0.2) is 14.4 Å². The average molecular weight is 644 g/mol. The summed E-state index contributed by atoms with van der Waals surface area (Å²) in [5.41, 5.74) is 3.04. The van der Waals surface area contributed by atoms with Gasteiger partial charge in [-0.15, -0.1) is 0 Å². The monoisotopic (exact) mass is 643 g/mol. The molecule has 1 saturated carbocycles. The van der Waals surface area contributed by atoms with Crippen molar-refractivity contribution in [1.29, 1.82) is 0 Å². The van der Waals surface area contributed by atoms with E-state index in [1.807, 2.05) is 12.1 Å². The highest BCUT2D eigenvalue weighted by Crippen LogP contribution is 2.33. The van der Waals surface area contributed by atoms with Crippen molar-refractivity contribution >= 4 is 51.4 Å². The van der Waals surface area contributed by atoms with Crippen LogP contribution in [0.3, 0.4) is 0 Å². The van der Waals surface area contributed by atoms with E-state index >= 15 is 4.39 Å². The Balaban J connectivity index is 1.22. The first-order valence-electron chi connectivity index (χ1n) is 14.7. The van der Waals surface area contributed by atoms with Crippen LogP contribution in [0.25, 0.3) is 22.0 Å². The van der Waals surface area contributed by atoms with Gasteiger partial charge in [-0.3, -0.25) is 14.3 Å². The van der Waals surface area contributed by atoms with Crippen LogP contribution < -0.4 is 10.6 Å². The number of aliphatic hydroxyl groups is 2. The quantitative estimate of drug-likeness (QED) is 0.165. The number of carbonyl (C=O) groups excluding carboxylic acids is 2. The molecule has 1 aliphatic rings. The zero-order valence-corrected chi connectivity index (χ0v) is 25.5. The third kappa shape index (κ3) is 6.54. The van der Waals surface area contributed by atoms with Crippen LogP contribution in [0, 0.1) is 5.82 Å². The first-order valence-corrected chi connectivity index (χ1v) is 15.1. The van der Waals surface area contributed by atoms with E-state index in [0.717, 1.165) is 0 Å². The minimum Gasteiger partial charge on any atom is -0.393 e. The lowest BCUT2D eigenvalue weighted by atomic mass is 9.88. The van der Waals surface area contributed by atoms with E-state index in [4.69, 9.17) is 11.6 Å². The molecule has 3 aromatic carbocycles. The van der Waals surface area contributed by atoms with E-state index in [1.54, 1.807) is 61.8 Å². The second-order valence-corrected chi connectivity index (χ2v) is 11.6. The molecule has 13 heteroatoms. The maximum atomic E-state index is 15.5. The molecule has 2 heterocycles. The lowest BCUT2D eigenvalue weighted by molar-refractivity contribution is -0.142. The molecule has 2 aromatic heterocycles. The van der Waals surface area contributed by atoms with E-state index in [9.17, 15) is 19.8 Å². The fraction of sp³-hybridized carbons (Fsp3) is 0.242. The first kappa shape index (κ1) is 31.1. The largest absolute Gasteiger partial charge is 0.393 e. The van der Waals surface area contributed by atoms with Crippen LogP contribution >= 0.6 is 11.6 Å². The Morgan fingerprint density at radius 1 is 1.07 bits per heavy atom. The van der Waals surface area contributed by atoms with Gasteiger partial charge in [0.1, 0.15) is 19.4 Å². The summed E-state index contributed by atoms with van der Waals surface area (Å²) < 4.78 is 17.0. The van der Waals surface area contributed by atoms with Crippen molar-refractivity contribution in [2.75, 3.05) is 17.2 Å². The lowest BCUT2D eigenvalue weighted by Gasteiger charge is -2.40. The number of hydrogen-bond donors (Lipinski definition) is 4. The third-order valence-corrected chi connectivity index (χ3v) is 8.24. The maximum Gasteiger partial charge on any atom is 0.245 e. The molecule has 1 unspecified atom stereocenters. The van der Waals surface area contributed by atoms with Gasteiger partial charge in [-0.2, -0.15) is 5.10 Å². The topological polar surface area (TPSA) is 146 Å². The number of aromatic nitrogens is 4. The zero-order valence-electron chi connectivity index (χ0n) is 24.8. The normalized spacial score (nSPS) is 16.5. The standard InChI is InChI=1S/C33H31ClFN7O4/c1-19(43)33-26-11-20(38-21-14-36-18-37-15-21)9-10-29(26)42(40-33)17-31(46)41(22-12-23(44)13-22)16-30(45)39-28-8-4-6-25(32(28)35)24-5-2-3-7-27(24)34/h2-11,14-15,18-19,22-23,38,43-44H,12-13,16-17H2,1H3,(H,39,45)/t19?,22-,23-. The number of aliphatic hydroxyl groups excluding tert-OH is 2. The summed E-state index contributed by atoms with van der Waals surface area (Å²) in [4.78, 5) is 36.4. The van der Waals surface area contributed by atoms with E-state index in [0.29, 0.717) is 51.4 Å². The summed E-state index contributed by atoms with van der Waals surface area (Å²) in [6.45, 7) is 1.01. The molecule has 4 N–H and O–H groups in total. The number of hydrogen-bond acceptors (Lipinski definition) is 8. The highest BCUT2D eigenvalue weighted by atomic mass is 35.5. The number of fused-ring (bicyclic) bond motifs is 1. The van der Waals surface area contributed by atoms with Crippen LogP contribution in [-0.4, -0.2) is 65.4 Å². The van der Waals surface area contributed by atoms with Gasteiger partial charge in [0.05, 0.1) is 47.2 Å². The summed E-state index contributed by atoms with van der Waals surface area (Å²) in [6.07, 6.45) is 3.80. The van der Waals surface area contributed by atoms with Gasteiger partial charge in [-0.1, -0.05) is 41.9 Å².